The molecule has 31 heavy (non-hydrogen) atoms. The van der Waals surface area contributed by atoms with Gasteiger partial charge in [-0.05, 0) is 37.6 Å². The van der Waals surface area contributed by atoms with Crippen molar-refractivity contribution in [3.8, 4) is 23.0 Å². The highest BCUT2D eigenvalue weighted by Gasteiger charge is 2.31. The van der Waals surface area contributed by atoms with Gasteiger partial charge < -0.3 is 18.9 Å². The van der Waals surface area contributed by atoms with Crippen molar-refractivity contribution in [2.24, 2.45) is 0 Å². The van der Waals surface area contributed by atoms with E-state index in [4.69, 9.17) is 18.9 Å². The van der Waals surface area contributed by atoms with Gasteiger partial charge in [0.15, 0.2) is 5.78 Å². The number of hydrogen-bond acceptors (Lipinski definition) is 7. The maximum absolute atomic E-state index is 13.0. The van der Waals surface area contributed by atoms with Gasteiger partial charge in [0.25, 0.3) is 0 Å². The van der Waals surface area contributed by atoms with Gasteiger partial charge in [0.1, 0.15) is 41.3 Å². The van der Waals surface area contributed by atoms with E-state index in [9.17, 15) is 14.4 Å². The number of esters is 2. The molecule has 7 nitrogen and oxygen atoms in total. The van der Waals surface area contributed by atoms with Gasteiger partial charge in [0, 0.05) is 26.0 Å². The van der Waals surface area contributed by atoms with E-state index >= 15 is 0 Å². The topological polar surface area (TPSA) is 88.1 Å². The molecule has 1 atom stereocenters. The largest absolute Gasteiger partial charge is 0.488 e. The third kappa shape index (κ3) is 5.72. The molecule has 0 radical (unpaired) electrons. The lowest BCUT2D eigenvalue weighted by atomic mass is 9.95. The van der Waals surface area contributed by atoms with E-state index in [-0.39, 0.29) is 30.3 Å². The van der Waals surface area contributed by atoms with E-state index in [1.54, 1.807) is 24.3 Å². The molecular weight excluding hydrogens is 400 g/mol. The second-order valence-corrected chi connectivity index (χ2v) is 7.38. The Kier molecular flexibility index (Phi) is 6.74. The molecule has 0 spiro atoms. The summed E-state index contributed by atoms with van der Waals surface area (Å²) < 4.78 is 22.1. The van der Waals surface area contributed by atoms with Crippen molar-refractivity contribution in [1.29, 1.82) is 0 Å². The van der Waals surface area contributed by atoms with Gasteiger partial charge in [-0.25, -0.2) is 0 Å². The van der Waals surface area contributed by atoms with Gasteiger partial charge >= 0.3 is 11.9 Å². The summed E-state index contributed by atoms with van der Waals surface area (Å²) in [7, 11) is 0. The van der Waals surface area contributed by atoms with E-state index in [0.717, 1.165) is 11.1 Å². The normalized spacial score (nSPS) is 14.7. The Hall–Kier alpha value is -3.61. The quantitative estimate of drug-likeness (QED) is 0.381. The summed E-state index contributed by atoms with van der Waals surface area (Å²) in [6, 6.07) is 9.80. The molecular formula is C24H24O7. The van der Waals surface area contributed by atoms with Crippen LogP contribution in [0.4, 0.5) is 0 Å². The maximum Gasteiger partial charge on any atom is 0.308 e. The molecule has 1 aliphatic rings. The van der Waals surface area contributed by atoms with Crippen LogP contribution in [-0.2, 0) is 9.59 Å². The first-order valence-electron chi connectivity index (χ1n) is 9.83. The smallest absolute Gasteiger partial charge is 0.308 e. The number of ether oxygens (including phenoxy) is 4. The predicted octanol–water partition coefficient (Wildman–Crippen LogP) is 4.59. The van der Waals surface area contributed by atoms with Crippen molar-refractivity contribution < 1.29 is 33.3 Å². The summed E-state index contributed by atoms with van der Waals surface area (Å²) >= 11 is 0. The minimum atomic E-state index is -0.537. The second kappa shape index (κ2) is 9.47. The molecule has 1 heterocycles. The summed E-state index contributed by atoms with van der Waals surface area (Å²) in [6.45, 7) is 6.78. The van der Waals surface area contributed by atoms with Crippen LogP contribution >= 0.6 is 0 Å². The molecule has 2 aromatic rings. The molecule has 7 heteroatoms. The molecule has 2 aromatic carbocycles. The molecule has 0 fully saturated rings. The zero-order chi connectivity index (χ0) is 22.5. The molecule has 162 valence electrons. The van der Waals surface area contributed by atoms with E-state index in [0.29, 0.717) is 17.1 Å². The molecule has 1 aliphatic heterocycles. The number of carbonyl (C=O) groups is 3. The second-order valence-electron chi connectivity index (χ2n) is 7.38. The van der Waals surface area contributed by atoms with Gasteiger partial charge in [-0.1, -0.05) is 17.7 Å². The fourth-order valence-corrected chi connectivity index (χ4v) is 3.14. The Morgan fingerprint density at radius 2 is 1.65 bits per heavy atom. The Morgan fingerprint density at radius 1 is 1.00 bits per heavy atom. The number of allylic oxidation sites excluding steroid dienone is 1. The van der Waals surface area contributed by atoms with Crippen molar-refractivity contribution in [2.45, 2.75) is 40.2 Å². The number of benzene rings is 2. The van der Waals surface area contributed by atoms with Crippen molar-refractivity contribution in [2.75, 3.05) is 6.61 Å². The fraction of sp³-hybridized carbons (Fsp3) is 0.292. The molecule has 0 saturated heterocycles. The molecule has 0 aromatic heterocycles. The third-order valence-electron chi connectivity index (χ3n) is 4.46. The number of carbonyl (C=O) groups excluding carboxylic acids is 3. The average Bonchev–Trinajstić information content (AvgIpc) is 2.66. The Labute approximate surface area is 180 Å². The average molecular weight is 424 g/mol. The van der Waals surface area contributed by atoms with Crippen LogP contribution in [0, 0.1) is 0 Å². The Morgan fingerprint density at radius 3 is 2.26 bits per heavy atom. The minimum Gasteiger partial charge on any atom is -0.488 e. The first-order chi connectivity index (χ1) is 14.7. The van der Waals surface area contributed by atoms with Gasteiger partial charge in [-0.15, -0.1) is 0 Å². The zero-order valence-corrected chi connectivity index (χ0v) is 17.9. The SMILES string of the molecule is CC(=O)Oc1ccc(C2CC(=O)c3c(OCC=C(C)C)cc(OC(C)=O)cc3O2)cc1. The van der Waals surface area contributed by atoms with E-state index in [2.05, 4.69) is 0 Å². The van der Waals surface area contributed by atoms with Crippen molar-refractivity contribution in [3.63, 3.8) is 0 Å². The van der Waals surface area contributed by atoms with Gasteiger partial charge in [0.05, 0.1) is 6.42 Å². The highest BCUT2D eigenvalue weighted by atomic mass is 16.5. The predicted molar refractivity (Wildman–Crippen MR) is 113 cm³/mol. The molecule has 0 saturated carbocycles. The summed E-state index contributed by atoms with van der Waals surface area (Å²) in [4.78, 5) is 35.5. The summed E-state index contributed by atoms with van der Waals surface area (Å²) in [5.74, 6) is 0.190. The first kappa shape index (κ1) is 22.1. The van der Waals surface area contributed by atoms with E-state index in [1.807, 2.05) is 19.9 Å². The maximum atomic E-state index is 13.0. The van der Waals surface area contributed by atoms with Crippen molar-refractivity contribution >= 4 is 17.7 Å². The monoisotopic (exact) mass is 424 g/mol. The van der Waals surface area contributed by atoms with Crippen LogP contribution in [-0.4, -0.2) is 24.3 Å². The standard InChI is InChI=1S/C24H24O7/c1-14(2)9-10-28-22-11-19(30-16(4)26)12-23-24(22)20(27)13-21(31-23)17-5-7-18(8-6-17)29-15(3)25/h5-9,11-12,21H,10,13H2,1-4H3. The number of ketones is 1. The number of fused-ring (bicyclic) bond motifs is 1. The third-order valence-corrected chi connectivity index (χ3v) is 4.46. The lowest BCUT2D eigenvalue weighted by molar-refractivity contribution is -0.132. The highest BCUT2D eigenvalue weighted by molar-refractivity contribution is 6.03. The van der Waals surface area contributed by atoms with Gasteiger partial charge in [0.2, 0.25) is 0 Å². The molecule has 0 N–H and O–H groups in total. The number of rotatable bonds is 6. The van der Waals surface area contributed by atoms with Crippen LogP contribution in [0.1, 0.15) is 56.1 Å². The van der Waals surface area contributed by atoms with Crippen LogP contribution in [0.25, 0.3) is 0 Å². The van der Waals surface area contributed by atoms with Crippen LogP contribution in [0.5, 0.6) is 23.0 Å². The summed E-state index contributed by atoms with van der Waals surface area (Å²) in [5.41, 5.74) is 2.15. The van der Waals surface area contributed by atoms with Gasteiger partial charge in [-0.2, -0.15) is 0 Å². The zero-order valence-electron chi connectivity index (χ0n) is 17.9. The van der Waals surface area contributed by atoms with Gasteiger partial charge in [-0.3, -0.25) is 14.4 Å². The molecule has 0 bridgehead atoms. The molecule has 3 rings (SSSR count). The lowest BCUT2D eigenvalue weighted by Crippen LogP contribution is -2.21. The van der Waals surface area contributed by atoms with Crippen LogP contribution in [0.2, 0.25) is 0 Å². The summed E-state index contributed by atoms with van der Waals surface area (Å²) in [5, 5.41) is 0. The summed E-state index contributed by atoms with van der Waals surface area (Å²) in [6.07, 6.45) is 1.46. The van der Waals surface area contributed by atoms with Crippen molar-refractivity contribution in [3.05, 3.63) is 59.2 Å². The molecule has 0 amide bonds. The molecule has 1 unspecified atom stereocenters. The van der Waals surface area contributed by atoms with Crippen molar-refractivity contribution in [1.82, 2.24) is 0 Å². The first-order valence-corrected chi connectivity index (χ1v) is 9.83. The van der Waals surface area contributed by atoms with E-state index in [1.165, 1.54) is 26.0 Å². The van der Waals surface area contributed by atoms with Crippen LogP contribution in [0.3, 0.4) is 0 Å². The van der Waals surface area contributed by atoms with Crippen LogP contribution < -0.4 is 18.9 Å². The van der Waals surface area contributed by atoms with Crippen LogP contribution in [0.15, 0.2) is 48.0 Å². The highest BCUT2D eigenvalue weighted by Crippen LogP contribution is 2.42. The number of hydrogen-bond donors (Lipinski definition) is 0. The molecule has 0 aliphatic carbocycles. The number of Topliss-reactive ketones (excluding diaryl/α,β-unsaturated/α-hetero) is 1. The Balaban J connectivity index is 1.91. The Bertz CT molecular complexity index is 1030. The minimum absolute atomic E-state index is 0.117. The lowest BCUT2D eigenvalue weighted by Gasteiger charge is -2.27. The fourth-order valence-electron chi connectivity index (χ4n) is 3.14. The van der Waals surface area contributed by atoms with E-state index < -0.39 is 18.0 Å².